The van der Waals surface area contributed by atoms with E-state index in [0.717, 1.165) is 18.9 Å². The summed E-state index contributed by atoms with van der Waals surface area (Å²) in [5.74, 6) is -1.16. The van der Waals surface area contributed by atoms with Crippen molar-refractivity contribution in [2.24, 2.45) is 5.92 Å². The molecule has 18 heavy (non-hydrogen) atoms. The van der Waals surface area contributed by atoms with Crippen LogP contribution in [0.3, 0.4) is 0 Å². The molecule has 1 fully saturated rings. The first kappa shape index (κ1) is 13.6. The van der Waals surface area contributed by atoms with Gasteiger partial charge in [0.15, 0.2) is 9.84 Å². The van der Waals surface area contributed by atoms with Crippen LogP contribution in [0.2, 0.25) is 10.0 Å². The summed E-state index contributed by atoms with van der Waals surface area (Å²) in [5.41, 5.74) is -0.293. The summed E-state index contributed by atoms with van der Waals surface area (Å²) >= 11 is 11.6. The molecular weight excluding hydrogens is 299 g/mol. The van der Waals surface area contributed by atoms with Crippen LogP contribution in [0.15, 0.2) is 17.0 Å². The first-order chi connectivity index (χ1) is 8.31. The fourth-order valence-corrected chi connectivity index (χ4v) is 4.28. The van der Waals surface area contributed by atoms with E-state index >= 15 is 0 Å². The third kappa shape index (κ3) is 2.79. The van der Waals surface area contributed by atoms with Crippen molar-refractivity contribution >= 4 is 39.0 Å². The molecule has 4 nitrogen and oxygen atoms in total. The zero-order chi connectivity index (χ0) is 13.5. The normalized spacial score (nSPS) is 15.7. The second-order valence-electron chi connectivity index (χ2n) is 4.30. The van der Waals surface area contributed by atoms with E-state index in [1.54, 1.807) is 0 Å². The Hall–Kier alpha value is -0.780. The van der Waals surface area contributed by atoms with Crippen LogP contribution >= 0.6 is 23.2 Å². The lowest BCUT2D eigenvalue weighted by atomic mass is 10.2. The molecule has 0 unspecified atom stereocenters. The predicted molar refractivity (Wildman–Crippen MR) is 68.2 cm³/mol. The van der Waals surface area contributed by atoms with Gasteiger partial charge in [-0.3, -0.25) is 0 Å². The third-order valence-corrected chi connectivity index (χ3v) is 5.36. The van der Waals surface area contributed by atoms with Gasteiger partial charge in [0.1, 0.15) is 0 Å². The van der Waals surface area contributed by atoms with Gasteiger partial charge in [0.05, 0.1) is 21.2 Å². The number of carbonyl (C=O) groups is 1. The van der Waals surface area contributed by atoms with E-state index < -0.39 is 15.8 Å². The molecule has 1 N–H and O–H groups in total. The third-order valence-electron chi connectivity index (χ3n) is 2.72. The van der Waals surface area contributed by atoms with Gasteiger partial charge in [-0.25, -0.2) is 13.2 Å². The standard InChI is InChI=1S/C11H10Cl2O4S/c12-7-3-8(11(14)15)10(13)9(4-7)18(16,17)5-6-1-2-6/h3-4,6H,1-2,5H2,(H,14,15). The van der Waals surface area contributed by atoms with Crippen LogP contribution in [0.1, 0.15) is 23.2 Å². The summed E-state index contributed by atoms with van der Waals surface area (Å²) in [6.07, 6.45) is 1.76. The molecule has 1 aromatic rings. The van der Waals surface area contributed by atoms with E-state index in [4.69, 9.17) is 28.3 Å². The van der Waals surface area contributed by atoms with Crippen LogP contribution in [0.4, 0.5) is 0 Å². The summed E-state index contributed by atoms with van der Waals surface area (Å²) in [4.78, 5) is 10.8. The highest BCUT2D eigenvalue weighted by molar-refractivity contribution is 7.91. The number of hydrogen-bond acceptors (Lipinski definition) is 3. The minimum absolute atomic E-state index is 0.00782. The molecule has 98 valence electrons. The summed E-state index contributed by atoms with van der Waals surface area (Å²) < 4.78 is 24.2. The lowest BCUT2D eigenvalue weighted by molar-refractivity contribution is 0.0697. The Labute approximate surface area is 114 Å². The monoisotopic (exact) mass is 308 g/mol. The minimum Gasteiger partial charge on any atom is -0.478 e. The van der Waals surface area contributed by atoms with Crippen molar-refractivity contribution in [1.29, 1.82) is 0 Å². The lowest BCUT2D eigenvalue weighted by Gasteiger charge is -2.09. The SMILES string of the molecule is O=C(O)c1cc(Cl)cc(S(=O)(=O)CC2CC2)c1Cl. The molecule has 1 aromatic carbocycles. The van der Waals surface area contributed by atoms with Crippen LogP contribution in [-0.4, -0.2) is 25.2 Å². The average Bonchev–Trinajstić information content (AvgIpc) is 3.03. The Kier molecular flexibility index (Phi) is 3.58. The van der Waals surface area contributed by atoms with Gasteiger partial charge in [-0.1, -0.05) is 23.2 Å². The molecule has 0 bridgehead atoms. The Bertz CT molecular complexity index is 606. The highest BCUT2D eigenvalue weighted by Gasteiger charge is 2.31. The van der Waals surface area contributed by atoms with Gasteiger partial charge in [0.25, 0.3) is 0 Å². The maximum Gasteiger partial charge on any atom is 0.337 e. The summed E-state index contributed by atoms with van der Waals surface area (Å²) in [6.45, 7) is 0. The molecule has 0 spiro atoms. The quantitative estimate of drug-likeness (QED) is 0.928. The van der Waals surface area contributed by atoms with E-state index in [0.29, 0.717) is 0 Å². The van der Waals surface area contributed by atoms with Gasteiger partial charge in [0, 0.05) is 5.02 Å². The summed E-state index contributed by atoms with van der Waals surface area (Å²) in [6, 6.07) is 2.34. The fraction of sp³-hybridized carbons (Fsp3) is 0.364. The van der Waals surface area contributed by atoms with Crippen molar-refractivity contribution in [3.63, 3.8) is 0 Å². The minimum atomic E-state index is -3.59. The lowest BCUT2D eigenvalue weighted by Crippen LogP contribution is -2.11. The molecule has 1 aliphatic carbocycles. The van der Waals surface area contributed by atoms with Crippen molar-refractivity contribution in [3.8, 4) is 0 Å². The first-order valence-corrected chi connectivity index (χ1v) is 7.67. The second-order valence-corrected chi connectivity index (χ2v) is 7.11. The maximum atomic E-state index is 12.1. The summed E-state index contributed by atoms with van der Waals surface area (Å²) in [7, 11) is -3.59. The van der Waals surface area contributed by atoms with Crippen LogP contribution in [-0.2, 0) is 9.84 Å². The maximum absolute atomic E-state index is 12.1. The topological polar surface area (TPSA) is 71.4 Å². The van der Waals surface area contributed by atoms with Gasteiger partial charge in [0.2, 0.25) is 0 Å². The molecule has 0 heterocycles. The molecule has 0 radical (unpaired) electrons. The number of rotatable bonds is 4. The fourth-order valence-electron chi connectivity index (χ4n) is 1.63. The van der Waals surface area contributed by atoms with Gasteiger partial charge in [-0.05, 0) is 30.9 Å². The largest absolute Gasteiger partial charge is 0.478 e. The van der Waals surface area contributed by atoms with E-state index in [1.165, 1.54) is 6.07 Å². The smallest absolute Gasteiger partial charge is 0.337 e. The van der Waals surface area contributed by atoms with Crippen LogP contribution in [0, 0.1) is 5.92 Å². The van der Waals surface area contributed by atoms with Crippen molar-refractivity contribution in [2.75, 3.05) is 5.75 Å². The van der Waals surface area contributed by atoms with Crippen LogP contribution < -0.4 is 0 Å². The van der Waals surface area contributed by atoms with Crippen LogP contribution in [0.5, 0.6) is 0 Å². The van der Waals surface area contributed by atoms with E-state index in [9.17, 15) is 13.2 Å². The highest BCUT2D eigenvalue weighted by atomic mass is 35.5. The number of hydrogen-bond donors (Lipinski definition) is 1. The zero-order valence-electron chi connectivity index (χ0n) is 9.19. The Balaban J connectivity index is 2.52. The number of sulfone groups is 1. The molecule has 0 aromatic heterocycles. The number of carboxylic acids is 1. The van der Waals surface area contributed by atoms with Crippen molar-refractivity contribution in [2.45, 2.75) is 17.7 Å². The van der Waals surface area contributed by atoms with Gasteiger partial charge >= 0.3 is 5.97 Å². The van der Waals surface area contributed by atoms with E-state index in [-0.39, 0.29) is 32.2 Å². The average molecular weight is 309 g/mol. The Morgan fingerprint density at radius 2 is 1.94 bits per heavy atom. The number of halogens is 2. The highest BCUT2D eigenvalue weighted by Crippen LogP contribution is 2.36. The molecule has 1 aliphatic rings. The van der Waals surface area contributed by atoms with Crippen LogP contribution in [0.25, 0.3) is 0 Å². The molecule has 0 atom stereocenters. The first-order valence-electron chi connectivity index (χ1n) is 5.26. The molecule has 7 heteroatoms. The van der Waals surface area contributed by atoms with E-state index in [2.05, 4.69) is 0 Å². The van der Waals surface area contributed by atoms with E-state index in [1.807, 2.05) is 0 Å². The molecule has 0 aliphatic heterocycles. The molecular formula is C11H10Cl2O4S. The Morgan fingerprint density at radius 1 is 1.33 bits per heavy atom. The molecule has 2 rings (SSSR count). The molecule has 1 saturated carbocycles. The number of benzene rings is 1. The van der Waals surface area contributed by atoms with Gasteiger partial charge < -0.3 is 5.11 Å². The zero-order valence-corrected chi connectivity index (χ0v) is 11.5. The number of carboxylic acid groups (broad SMARTS) is 1. The van der Waals surface area contributed by atoms with Crippen molar-refractivity contribution in [1.82, 2.24) is 0 Å². The predicted octanol–water partition coefficient (Wildman–Crippen LogP) is 2.88. The molecule has 0 saturated heterocycles. The second kappa shape index (κ2) is 4.72. The molecule has 0 amide bonds. The van der Waals surface area contributed by atoms with Crippen molar-refractivity contribution < 1.29 is 18.3 Å². The summed E-state index contributed by atoms with van der Waals surface area (Å²) in [5, 5.41) is 8.71. The van der Waals surface area contributed by atoms with Crippen molar-refractivity contribution in [3.05, 3.63) is 27.7 Å². The number of aromatic carboxylic acids is 1. The van der Waals surface area contributed by atoms with Gasteiger partial charge in [-0.15, -0.1) is 0 Å². The van der Waals surface area contributed by atoms with Gasteiger partial charge in [-0.2, -0.15) is 0 Å². The Morgan fingerprint density at radius 3 is 2.44 bits per heavy atom.